The molecule has 0 aliphatic carbocycles. The van der Waals surface area contributed by atoms with Crippen molar-refractivity contribution in [3.05, 3.63) is 48.0 Å². The van der Waals surface area contributed by atoms with Gasteiger partial charge in [0.05, 0.1) is 24.2 Å². The first kappa shape index (κ1) is 16.3. The number of ether oxygens (including phenoxy) is 2. The summed E-state index contributed by atoms with van der Waals surface area (Å²) in [6.45, 7) is 3.96. The molecule has 0 fully saturated rings. The van der Waals surface area contributed by atoms with Gasteiger partial charge in [-0.3, -0.25) is 9.88 Å². The van der Waals surface area contributed by atoms with Gasteiger partial charge in [0.15, 0.2) is 23.6 Å². The number of benzene rings is 2. The van der Waals surface area contributed by atoms with Gasteiger partial charge in [-0.2, -0.15) is 0 Å². The fourth-order valence-corrected chi connectivity index (χ4v) is 3.18. The van der Waals surface area contributed by atoms with Gasteiger partial charge in [-0.15, -0.1) is 0 Å². The van der Waals surface area contributed by atoms with Gasteiger partial charge in [0, 0.05) is 5.56 Å². The Kier molecular flexibility index (Phi) is 3.91. The molecule has 0 bridgehead atoms. The second-order valence-corrected chi connectivity index (χ2v) is 6.35. The lowest BCUT2D eigenvalue weighted by Crippen LogP contribution is -2.31. The molecule has 4 rings (SSSR count). The van der Waals surface area contributed by atoms with Gasteiger partial charge < -0.3 is 15.2 Å². The minimum atomic E-state index is -0.400. The van der Waals surface area contributed by atoms with Gasteiger partial charge in [-0.25, -0.2) is 9.98 Å². The largest absolute Gasteiger partial charge is 0.493 e. The Morgan fingerprint density at radius 1 is 1.15 bits per heavy atom. The number of anilines is 1. The highest BCUT2D eigenvalue weighted by atomic mass is 16.5. The van der Waals surface area contributed by atoms with Crippen LogP contribution in [0.4, 0.5) is 5.95 Å². The Morgan fingerprint density at radius 2 is 1.96 bits per heavy atom. The van der Waals surface area contributed by atoms with Crippen molar-refractivity contribution in [2.24, 2.45) is 10.7 Å². The van der Waals surface area contributed by atoms with Crippen LogP contribution in [0.5, 0.6) is 11.5 Å². The first-order valence-corrected chi connectivity index (χ1v) is 8.49. The summed E-state index contributed by atoms with van der Waals surface area (Å²) in [4.78, 5) is 9.26. The van der Waals surface area contributed by atoms with Crippen molar-refractivity contribution in [2.75, 3.05) is 12.4 Å². The van der Waals surface area contributed by atoms with Gasteiger partial charge in [0.2, 0.25) is 5.95 Å². The molecule has 3 aromatic rings. The van der Waals surface area contributed by atoms with Crippen molar-refractivity contribution >= 4 is 22.9 Å². The van der Waals surface area contributed by atoms with Gasteiger partial charge in [-0.05, 0) is 32.0 Å². The van der Waals surface area contributed by atoms with Crippen LogP contribution in [-0.4, -0.2) is 28.7 Å². The molecule has 7 heteroatoms. The average Bonchev–Trinajstić information content (AvgIpc) is 2.98. The fraction of sp³-hybridized carbons (Fsp3) is 0.263. The average molecular weight is 351 g/mol. The highest BCUT2D eigenvalue weighted by Gasteiger charge is 2.28. The monoisotopic (exact) mass is 351 g/mol. The molecule has 1 atom stereocenters. The van der Waals surface area contributed by atoms with E-state index in [9.17, 15) is 0 Å². The third-order valence-corrected chi connectivity index (χ3v) is 4.20. The van der Waals surface area contributed by atoms with Gasteiger partial charge in [0.25, 0.3) is 0 Å². The maximum atomic E-state index is 6.07. The molecule has 1 aliphatic heterocycles. The Morgan fingerprint density at radius 3 is 2.73 bits per heavy atom. The summed E-state index contributed by atoms with van der Waals surface area (Å²) in [6.07, 6.45) is -0.408. The highest BCUT2D eigenvalue weighted by Crippen LogP contribution is 2.41. The van der Waals surface area contributed by atoms with E-state index in [1.807, 2.05) is 60.9 Å². The topological polar surface area (TPSA) is 86.7 Å². The van der Waals surface area contributed by atoms with Crippen LogP contribution < -0.4 is 20.5 Å². The van der Waals surface area contributed by atoms with Crippen molar-refractivity contribution in [1.29, 1.82) is 0 Å². The number of hydrogen-bond donors (Lipinski definition) is 2. The molecule has 1 aliphatic rings. The Bertz CT molecular complexity index is 993. The van der Waals surface area contributed by atoms with Crippen molar-refractivity contribution in [3.8, 4) is 11.5 Å². The number of rotatable bonds is 4. The summed E-state index contributed by atoms with van der Waals surface area (Å²) in [5.74, 6) is 2.30. The molecule has 0 saturated carbocycles. The predicted molar refractivity (Wildman–Crippen MR) is 102 cm³/mol. The smallest absolute Gasteiger partial charge is 0.212 e. The lowest BCUT2D eigenvalue weighted by molar-refractivity contribution is 0.226. The van der Waals surface area contributed by atoms with E-state index < -0.39 is 6.17 Å². The lowest BCUT2D eigenvalue weighted by Gasteiger charge is -2.26. The molecule has 0 saturated heterocycles. The summed E-state index contributed by atoms with van der Waals surface area (Å²) in [5, 5.41) is 3.05. The maximum Gasteiger partial charge on any atom is 0.212 e. The number of imidazole rings is 1. The number of fused-ring (bicyclic) bond motifs is 3. The van der Waals surface area contributed by atoms with Crippen LogP contribution >= 0.6 is 0 Å². The Hall–Kier alpha value is -3.22. The molecule has 0 amide bonds. The molecule has 26 heavy (non-hydrogen) atoms. The van der Waals surface area contributed by atoms with Crippen LogP contribution in [-0.2, 0) is 0 Å². The molecule has 0 unspecified atom stereocenters. The molecule has 3 N–H and O–H groups in total. The van der Waals surface area contributed by atoms with Crippen molar-refractivity contribution in [3.63, 3.8) is 0 Å². The summed E-state index contributed by atoms with van der Waals surface area (Å²) >= 11 is 0. The SMILES string of the molecule is COc1cccc([C@H]2N=C(N)Nc3nc4ccccc4n32)c1OC(C)C. The first-order valence-electron chi connectivity index (χ1n) is 8.49. The summed E-state index contributed by atoms with van der Waals surface area (Å²) < 4.78 is 13.6. The summed E-state index contributed by atoms with van der Waals surface area (Å²) in [6, 6.07) is 13.7. The number of guanidine groups is 1. The molecule has 2 heterocycles. The van der Waals surface area contributed by atoms with Gasteiger partial charge in [-0.1, -0.05) is 24.3 Å². The zero-order valence-electron chi connectivity index (χ0n) is 14.9. The third-order valence-electron chi connectivity index (χ3n) is 4.20. The molecular formula is C19H21N5O2. The Balaban J connectivity index is 1.95. The van der Waals surface area contributed by atoms with Crippen molar-refractivity contribution in [1.82, 2.24) is 9.55 Å². The molecule has 0 radical (unpaired) electrons. The quantitative estimate of drug-likeness (QED) is 0.754. The van der Waals surface area contributed by atoms with E-state index in [2.05, 4.69) is 15.3 Å². The molecule has 7 nitrogen and oxygen atoms in total. The van der Waals surface area contributed by atoms with E-state index in [4.69, 9.17) is 15.2 Å². The van der Waals surface area contributed by atoms with E-state index >= 15 is 0 Å². The molecule has 0 spiro atoms. The minimum Gasteiger partial charge on any atom is -0.493 e. The molecule has 134 valence electrons. The van der Waals surface area contributed by atoms with Crippen LogP contribution in [0, 0.1) is 0 Å². The Labute approximate surface area is 151 Å². The number of aromatic nitrogens is 2. The predicted octanol–water partition coefficient (Wildman–Crippen LogP) is 3.12. The van der Waals surface area contributed by atoms with Crippen LogP contribution in [0.1, 0.15) is 25.6 Å². The van der Waals surface area contributed by atoms with Crippen LogP contribution in [0.3, 0.4) is 0 Å². The summed E-state index contributed by atoms with van der Waals surface area (Å²) in [7, 11) is 1.63. The zero-order valence-corrected chi connectivity index (χ0v) is 14.9. The van der Waals surface area contributed by atoms with E-state index in [-0.39, 0.29) is 6.10 Å². The van der Waals surface area contributed by atoms with Crippen molar-refractivity contribution in [2.45, 2.75) is 26.1 Å². The van der Waals surface area contributed by atoms with E-state index in [1.165, 1.54) is 0 Å². The molecule has 1 aromatic heterocycles. The maximum absolute atomic E-state index is 6.07. The summed E-state index contributed by atoms with van der Waals surface area (Å²) in [5.41, 5.74) is 8.74. The van der Waals surface area contributed by atoms with Gasteiger partial charge >= 0.3 is 0 Å². The van der Waals surface area contributed by atoms with E-state index in [0.717, 1.165) is 16.6 Å². The van der Waals surface area contributed by atoms with E-state index in [1.54, 1.807) is 7.11 Å². The number of aliphatic imine (C=N–C) groups is 1. The van der Waals surface area contributed by atoms with Crippen molar-refractivity contribution < 1.29 is 9.47 Å². The fourth-order valence-electron chi connectivity index (χ4n) is 3.18. The lowest BCUT2D eigenvalue weighted by atomic mass is 10.1. The molecule has 2 aromatic carbocycles. The number of nitrogens with one attached hydrogen (secondary N) is 1. The van der Waals surface area contributed by atoms with Crippen LogP contribution in [0.15, 0.2) is 47.5 Å². The third kappa shape index (κ3) is 2.61. The standard InChI is InChI=1S/C19H21N5O2/c1-11(2)26-16-12(7-6-10-15(16)25-3)17-22-18(20)23-19-21-13-8-4-5-9-14(13)24(17)19/h4-11,17H,1-3H3,(H3,20,21,22,23)/t17-/m0/s1. The number of para-hydroxylation sites is 3. The second kappa shape index (κ2) is 6.25. The number of methoxy groups -OCH3 is 1. The van der Waals surface area contributed by atoms with Crippen LogP contribution in [0.25, 0.3) is 11.0 Å². The molecular weight excluding hydrogens is 330 g/mol. The highest BCUT2D eigenvalue weighted by molar-refractivity contribution is 5.94. The first-order chi connectivity index (χ1) is 12.6. The number of nitrogens with two attached hydrogens (primary N) is 1. The van der Waals surface area contributed by atoms with E-state index in [0.29, 0.717) is 23.4 Å². The minimum absolute atomic E-state index is 0.00732. The number of hydrogen-bond acceptors (Lipinski definition) is 6. The van der Waals surface area contributed by atoms with Crippen LogP contribution in [0.2, 0.25) is 0 Å². The zero-order chi connectivity index (χ0) is 18.3. The van der Waals surface area contributed by atoms with Gasteiger partial charge in [0.1, 0.15) is 0 Å². The number of nitrogens with zero attached hydrogens (tertiary/aromatic N) is 3. The normalized spacial score (nSPS) is 16.2. The second-order valence-electron chi connectivity index (χ2n) is 6.35.